The number of phenolic OH excluding ortho intramolecular Hbond substituents is 1. The van der Waals surface area contributed by atoms with E-state index in [0.717, 1.165) is 45.3 Å². The van der Waals surface area contributed by atoms with Crippen LogP contribution in [0.5, 0.6) is 5.75 Å². The van der Waals surface area contributed by atoms with E-state index in [1.54, 1.807) is 25.3 Å². The van der Waals surface area contributed by atoms with Crippen LogP contribution in [0.2, 0.25) is 0 Å². The maximum atomic E-state index is 16.7. The van der Waals surface area contributed by atoms with Crippen LogP contribution in [0.25, 0.3) is 33.1 Å². The number of aromatic nitrogens is 4. The third kappa shape index (κ3) is 4.80. The van der Waals surface area contributed by atoms with Gasteiger partial charge in [0.15, 0.2) is 17.2 Å². The second-order valence-electron chi connectivity index (χ2n) is 11.9. The molecule has 0 radical (unpaired) electrons. The number of rotatable bonds is 4. The van der Waals surface area contributed by atoms with E-state index in [1.807, 2.05) is 6.07 Å². The largest absolute Gasteiger partial charge is 0.508 e. The molecular weight excluding hydrogens is 557 g/mol. The van der Waals surface area contributed by atoms with Gasteiger partial charge in [0.2, 0.25) is 5.82 Å². The number of terminal acetylenes is 1. The highest BCUT2D eigenvalue weighted by Gasteiger charge is 2.47. The van der Waals surface area contributed by atoms with E-state index in [0.29, 0.717) is 40.8 Å². The van der Waals surface area contributed by atoms with Gasteiger partial charge in [-0.2, -0.15) is 0 Å². The Morgan fingerprint density at radius 1 is 1.18 bits per heavy atom. The van der Waals surface area contributed by atoms with Gasteiger partial charge in [0, 0.05) is 62.3 Å². The second kappa shape index (κ2) is 11.3. The molecule has 2 N–H and O–H groups in total. The lowest BCUT2D eigenvalue weighted by Crippen LogP contribution is -2.50. The number of nitrogens with one attached hydrogen (secondary N) is 1. The number of phenols is 1. The number of benzene rings is 2. The lowest BCUT2D eigenvalue weighted by atomic mass is 9.94. The van der Waals surface area contributed by atoms with Gasteiger partial charge >= 0.3 is 0 Å². The molecule has 4 aromatic rings. The SMILES string of the molecule is C#Cc1cccc2cc(O)cc(-c3nnc4c(N5CCN[C@@H](CC)C5)nc(C#C[C@@]56CCCN5C[C@H](OC)C6)nc4c3F)c12. The van der Waals surface area contributed by atoms with Crippen molar-refractivity contribution in [3.8, 4) is 41.2 Å². The van der Waals surface area contributed by atoms with Crippen molar-refractivity contribution < 1.29 is 14.2 Å². The van der Waals surface area contributed by atoms with E-state index in [-0.39, 0.29) is 46.0 Å². The molecule has 0 amide bonds. The number of nitrogens with zero attached hydrogens (tertiary/aromatic N) is 6. The summed E-state index contributed by atoms with van der Waals surface area (Å²) >= 11 is 0. The number of hydrogen-bond donors (Lipinski definition) is 2. The van der Waals surface area contributed by atoms with Crippen molar-refractivity contribution in [2.45, 2.75) is 50.3 Å². The topological polar surface area (TPSA) is 99.5 Å². The van der Waals surface area contributed by atoms with Gasteiger partial charge in [-0.25, -0.2) is 14.4 Å². The summed E-state index contributed by atoms with van der Waals surface area (Å²) in [6.07, 6.45) is 9.72. The number of aromatic hydroxyl groups is 1. The van der Waals surface area contributed by atoms with E-state index in [2.05, 4.69) is 55.0 Å². The van der Waals surface area contributed by atoms with E-state index < -0.39 is 5.82 Å². The summed E-state index contributed by atoms with van der Waals surface area (Å²) in [7, 11) is 1.74. The Morgan fingerprint density at radius 2 is 2.07 bits per heavy atom. The smallest absolute Gasteiger partial charge is 0.207 e. The van der Waals surface area contributed by atoms with Gasteiger partial charge in [-0.3, -0.25) is 4.90 Å². The molecular formula is C34H34FN7O2. The molecule has 44 heavy (non-hydrogen) atoms. The monoisotopic (exact) mass is 591 g/mol. The van der Waals surface area contributed by atoms with E-state index in [4.69, 9.17) is 16.1 Å². The summed E-state index contributed by atoms with van der Waals surface area (Å²) in [6.45, 7) is 6.09. The normalized spacial score (nSPS) is 23.5. The molecule has 224 valence electrons. The van der Waals surface area contributed by atoms with E-state index >= 15 is 4.39 Å². The predicted octanol–water partition coefficient (Wildman–Crippen LogP) is 3.86. The van der Waals surface area contributed by atoms with Crippen LogP contribution in [0.1, 0.15) is 44.0 Å². The molecule has 5 heterocycles. The van der Waals surface area contributed by atoms with Crippen LogP contribution in [-0.2, 0) is 4.74 Å². The van der Waals surface area contributed by atoms with Gasteiger partial charge in [0.25, 0.3) is 0 Å². The highest BCUT2D eigenvalue weighted by molar-refractivity contribution is 6.02. The maximum Gasteiger partial charge on any atom is 0.207 e. The molecule has 0 spiro atoms. The number of hydrogen-bond acceptors (Lipinski definition) is 9. The van der Waals surface area contributed by atoms with Crippen LogP contribution < -0.4 is 10.2 Å². The number of piperazine rings is 1. The summed E-state index contributed by atoms with van der Waals surface area (Å²) < 4.78 is 22.4. The van der Waals surface area contributed by atoms with Crippen molar-refractivity contribution in [1.29, 1.82) is 0 Å². The van der Waals surface area contributed by atoms with E-state index in [1.165, 1.54) is 6.07 Å². The van der Waals surface area contributed by atoms with Crippen molar-refractivity contribution in [2.24, 2.45) is 0 Å². The quantitative estimate of drug-likeness (QED) is 0.343. The van der Waals surface area contributed by atoms with E-state index in [9.17, 15) is 5.11 Å². The summed E-state index contributed by atoms with van der Waals surface area (Å²) in [6, 6.07) is 8.72. The molecule has 10 heteroatoms. The lowest BCUT2D eigenvalue weighted by Gasteiger charge is -2.34. The standard InChI is InChI=1S/C34H34FN7O2/c1-4-21-8-6-9-22-16-24(43)17-26(28(21)22)30-29(35)31-32(40-39-30)33(41-15-13-36-23(5-2)19-41)38-27(37-31)10-12-34-11-7-14-42(34)20-25(18-34)44-3/h1,6,8-9,16-17,23,25,36,43H,5,7,11,13-15,18-20H2,2-3H3/t23-,25+,34+/m0/s1. The number of halogens is 1. The predicted molar refractivity (Wildman–Crippen MR) is 168 cm³/mol. The van der Waals surface area contributed by atoms with Crippen LogP contribution in [0.15, 0.2) is 30.3 Å². The third-order valence-electron chi connectivity index (χ3n) is 9.30. The average Bonchev–Trinajstić information content (AvgIpc) is 3.60. The van der Waals surface area contributed by atoms with Gasteiger partial charge < -0.3 is 20.1 Å². The lowest BCUT2D eigenvalue weighted by molar-refractivity contribution is 0.108. The fourth-order valence-electron chi connectivity index (χ4n) is 7.04. The number of methoxy groups -OCH3 is 1. The molecule has 3 atom stereocenters. The summed E-state index contributed by atoms with van der Waals surface area (Å²) in [5, 5.41) is 24.2. The minimum absolute atomic E-state index is 0.0318. The Balaban J connectivity index is 1.42. The molecule has 2 aromatic carbocycles. The van der Waals surface area contributed by atoms with Crippen molar-refractivity contribution in [2.75, 3.05) is 44.7 Å². The molecule has 2 aromatic heterocycles. The van der Waals surface area contributed by atoms with Gasteiger partial charge in [0.05, 0.1) is 11.6 Å². The van der Waals surface area contributed by atoms with Gasteiger partial charge in [0.1, 0.15) is 17.0 Å². The Labute approximate surface area is 255 Å². The molecule has 0 unspecified atom stereocenters. The van der Waals surface area contributed by atoms with Crippen LogP contribution in [0.4, 0.5) is 10.2 Å². The number of anilines is 1. The van der Waals surface area contributed by atoms with Crippen molar-refractivity contribution in [3.63, 3.8) is 0 Å². The van der Waals surface area contributed by atoms with Crippen molar-refractivity contribution >= 4 is 27.6 Å². The first kappa shape index (κ1) is 28.4. The number of ether oxygens (including phenoxy) is 1. The minimum atomic E-state index is -0.663. The zero-order valence-corrected chi connectivity index (χ0v) is 24.9. The first-order chi connectivity index (χ1) is 21.4. The zero-order valence-electron chi connectivity index (χ0n) is 24.9. The summed E-state index contributed by atoms with van der Waals surface area (Å²) in [5.74, 6) is 9.47. The highest BCUT2D eigenvalue weighted by Crippen LogP contribution is 2.40. The van der Waals surface area contributed by atoms with Crippen molar-refractivity contribution in [3.05, 3.63) is 47.5 Å². The minimum Gasteiger partial charge on any atom is -0.508 e. The summed E-state index contributed by atoms with van der Waals surface area (Å²) in [5.41, 5.74) is 0.873. The molecule has 3 fully saturated rings. The van der Waals surface area contributed by atoms with Crippen LogP contribution in [0, 0.1) is 30.0 Å². The number of fused-ring (bicyclic) bond motifs is 3. The molecule has 3 saturated heterocycles. The Morgan fingerprint density at radius 3 is 2.89 bits per heavy atom. The fraction of sp³-hybridized carbons (Fsp3) is 0.412. The zero-order chi connectivity index (χ0) is 30.4. The van der Waals surface area contributed by atoms with Crippen LogP contribution in [-0.4, -0.2) is 87.7 Å². The van der Waals surface area contributed by atoms with Gasteiger partial charge in [-0.15, -0.1) is 16.6 Å². The average molecular weight is 592 g/mol. The molecule has 9 nitrogen and oxygen atoms in total. The fourth-order valence-corrected chi connectivity index (χ4v) is 7.04. The molecule has 7 rings (SSSR count). The van der Waals surface area contributed by atoms with Crippen LogP contribution >= 0.6 is 0 Å². The molecule has 3 aliphatic heterocycles. The molecule has 0 saturated carbocycles. The van der Waals surface area contributed by atoms with Crippen LogP contribution in [0.3, 0.4) is 0 Å². The maximum absolute atomic E-state index is 16.7. The summed E-state index contributed by atoms with van der Waals surface area (Å²) in [4.78, 5) is 14.0. The molecule has 3 aliphatic rings. The second-order valence-corrected chi connectivity index (χ2v) is 11.9. The molecule has 0 bridgehead atoms. The highest BCUT2D eigenvalue weighted by atomic mass is 19.1. The van der Waals surface area contributed by atoms with Crippen molar-refractivity contribution in [1.82, 2.24) is 30.4 Å². The third-order valence-corrected chi connectivity index (χ3v) is 9.30. The first-order valence-corrected chi connectivity index (χ1v) is 15.2. The molecule has 0 aliphatic carbocycles. The Bertz CT molecular complexity index is 1880. The Hall–Kier alpha value is -4.35. The van der Waals surface area contributed by atoms with Gasteiger partial charge in [-0.1, -0.05) is 30.9 Å². The Kier molecular flexibility index (Phi) is 7.30. The van der Waals surface area contributed by atoms with Gasteiger partial charge in [-0.05, 0) is 55.3 Å². The first-order valence-electron chi connectivity index (χ1n) is 15.2.